The van der Waals surface area contributed by atoms with Gasteiger partial charge in [0.25, 0.3) is 0 Å². The van der Waals surface area contributed by atoms with E-state index in [1.54, 1.807) is 7.11 Å². The van der Waals surface area contributed by atoms with E-state index in [1.165, 1.54) is 19.3 Å². The monoisotopic (exact) mass is 270 g/mol. The average molecular weight is 270 g/mol. The highest BCUT2D eigenvalue weighted by Gasteiger charge is 2.59. The van der Waals surface area contributed by atoms with Crippen LogP contribution in [0.15, 0.2) is 0 Å². The summed E-state index contributed by atoms with van der Waals surface area (Å²) in [6.45, 7) is 4.52. The van der Waals surface area contributed by atoms with E-state index in [0.29, 0.717) is 31.8 Å². The van der Waals surface area contributed by atoms with Gasteiger partial charge in [-0.3, -0.25) is 4.79 Å². The Morgan fingerprint density at radius 3 is 2.79 bits per heavy atom. The second kappa shape index (κ2) is 6.68. The summed E-state index contributed by atoms with van der Waals surface area (Å²) in [5.41, 5.74) is 0.248. The third-order valence-electron chi connectivity index (χ3n) is 4.54. The van der Waals surface area contributed by atoms with Crippen molar-refractivity contribution in [1.82, 2.24) is 10.6 Å². The van der Waals surface area contributed by atoms with Crippen LogP contribution in [0.2, 0.25) is 0 Å². The van der Waals surface area contributed by atoms with E-state index in [0.717, 1.165) is 13.0 Å². The number of hydrogen-bond acceptors (Lipinski definition) is 4. The van der Waals surface area contributed by atoms with Crippen LogP contribution in [0.25, 0.3) is 0 Å². The molecule has 0 bridgehead atoms. The van der Waals surface area contributed by atoms with Gasteiger partial charge in [-0.25, -0.2) is 0 Å². The van der Waals surface area contributed by atoms with E-state index in [-0.39, 0.29) is 11.3 Å². The molecule has 2 saturated carbocycles. The molecule has 0 saturated heterocycles. The van der Waals surface area contributed by atoms with Crippen LogP contribution in [-0.2, 0) is 14.3 Å². The molecule has 2 atom stereocenters. The minimum atomic E-state index is 0.0855. The molecule has 2 rings (SSSR count). The van der Waals surface area contributed by atoms with Crippen molar-refractivity contribution in [1.29, 1.82) is 0 Å². The summed E-state index contributed by atoms with van der Waals surface area (Å²) in [7, 11) is 1.66. The molecule has 110 valence electrons. The van der Waals surface area contributed by atoms with E-state index in [9.17, 15) is 4.79 Å². The van der Waals surface area contributed by atoms with Crippen LogP contribution in [0.4, 0.5) is 0 Å². The molecule has 2 aliphatic carbocycles. The van der Waals surface area contributed by atoms with Gasteiger partial charge in [-0.05, 0) is 26.2 Å². The van der Waals surface area contributed by atoms with Crippen LogP contribution in [0.1, 0.15) is 32.6 Å². The largest absolute Gasteiger partial charge is 0.383 e. The summed E-state index contributed by atoms with van der Waals surface area (Å²) >= 11 is 0. The lowest BCUT2D eigenvalue weighted by Crippen LogP contribution is -2.68. The Balaban J connectivity index is 1.70. The second-order valence-electron chi connectivity index (χ2n) is 5.56. The third-order valence-corrected chi connectivity index (χ3v) is 4.54. The summed E-state index contributed by atoms with van der Waals surface area (Å²) in [5, 5.41) is 6.22. The van der Waals surface area contributed by atoms with Gasteiger partial charge >= 0.3 is 0 Å². The molecular weight excluding hydrogens is 244 g/mol. The number of rotatable bonds is 8. The maximum absolute atomic E-state index is 11.8. The van der Waals surface area contributed by atoms with E-state index >= 15 is 0 Å². The first-order valence-corrected chi connectivity index (χ1v) is 7.33. The SMILES string of the molecule is CCOC1CC(NC(=O)CNCCOC)C12CCC2. The second-order valence-corrected chi connectivity index (χ2v) is 5.56. The van der Waals surface area contributed by atoms with Crippen molar-refractivity contribution in [2.45, 2.75) is 44.8 Å². The van der Waals surface area contributed by atoms with Crippen LogP contribution in [0, 0.1) is 5.41 Å². The van der Waals surface area contributed by atoms with Gasteiger partial charge in [0, 0.05) is 31.7 Å². The van der Waals surface area contributed by atoms with E-state index in [2.05, 4.69) is 10.6 Å². The van der Waals surface area contributed by atoms with Gasteiger partial charge < -0.3 is 20.1 Å². The lowest BCUT2D eigenvalue weighted by Gasteiger charge is -2.61. The van der Waals surface area contributed by atoms with Gasteiger partial charge in [0.2, 0.25) is 5.91 Å². The number of ether oxygens (including phenoxy) is 2. The van der Waals surface area contributed by atoms with Crippen LogP contribution in [0.3, 0.4) is 0 Å². The van der Waals surface area contributed by atoms with Crippen molar-refractivity contribution in [2.24, 2.45) is 5.41 Å². The van der Waals surface area contributed by atoms with Crippen molar-refractivity contribution in [3.8, 4) is 0 Å². The van der Waals surface area contributed by atoms with Crippen molar-refractivity contribution in [2.75, 3.05) is 33.4 Å². The Kier molecular flexibility index (Phi) is 5.19. The average Bonchev–Trinajstić information content (AvgIpc) is 2.31. The zero-order valence-corrected chi connectivity index (χ0v) is 12.0. The normalized spacial score (nSPS) is 27.7. The van der Waals surface area contributed by atoms with Crippen LogP contribution >= 0.6 is 0 Å². The molecular formula is C14H26N2O3. The molecule has 1 amide bonds. The van der Waals surface area contributed by atoms with Crippen LogP contribution < -0.4 is 10.6 Å². The summed E-state index contributed by atoms with van der Waals surface area (Å²) < 4.78 is 10.7. The predicted octanol–water partition coefficient (Wildman–Crippen LogP) is 0.686. The Labute approximate surface area is 115 Å². The number of amides is 1. The fraction of sp³-hybridized carbons (Fsp3) is 0.929. The lowest BCUT2D eigenvalue weighted by molar-refractivity contribution is -0.175. The minimum absolute atomic E-state index is 0.0855. The molecule has 5 heteroatoms. The number of carbonyl (C=O) groups excluding carboxylic acids is 1. The minimum Gasteiger partial charge on any atom is -0.383 e. The molecule has 0 aromatic heterocycles. The molecule has 0 aliphatic heterocycles. The maximum atomic E-state index is 11.8. The number of nitrogens with one attached hydrogen (secondary N) is 2. The molecule has 0 heterocycles. The molecule has 1 spiro atoms. The van der Waals surface area contributed by atoms with Gasteiger partial charge in [-0.15, -0.1) is 0 Å². The molecule has 0 radical (unpaired) electrons. The topological polar surface area (TPSA) is 59.6 Å². The Hall–Kier alpha value is -0.650. The fourth-order valence-electron chi connectivity index (χ4n) is 3.26. The zero-order valence-electron chi connectivity index (χ0n) is 12.0. The molecule has 5 nitrogen and oxygen atoms in total. The molecule has 2 N–H and O–H groups in total. The van der Waals surface area contributed by atoms with Gasteiger partial charge in [0.1, 0.15) is 0 Å². The summed E-state index contributed by atoms with van der Waals surface area (Å²) in [6, 6.07) is 0.314. The van der Waals surface area contributed by atoms with Crippen LogP contribution in [-0.4, -0.2) is 51.5 Å². The smallest absolute Gasteiger partial charge is 0.234 e. The highest BCUT2D eigenvalue weighted by molar-refractivity contribution is 5.78. The molecule has 2 fully saturated rings. The number of carbonyl (C=O) groups is 1. The highest BCUT2D eigenvalue weighted by atomic mass is 16.5. The van der Waals surface area contributed by atoms with E-state index in [1.807, 2.05) is 6.92 Å². The van der Waals surface area contributed by atoms with Gasteiger partial charge in [0.05, 0.1) is 19.3 Å². The number of methoxy groups -OCH3 is 1. The lowest BCUT2D eigenvalue weighted by atomic mass is 9.51. The molecule has 0 aromatic carbocycles. The van der Waals surface area contributed by atoms with Gasteiger partial charge in [-0.2, -0.15) is 0 Å². The van der Waals surface area contributed by atoms with Crippen molar-refractivity contribution < 1.29 is 14.3 Å². The third kappa shape index (κ3) is 3.09. The molecule has 0 aromatic rings. The molecule has 2 unspecified atom stereocenters. The maximum Gasteiger partial charge on any atom is 0.234 e. The predicted molar refractivity (Wildman–Crippen MR) is 73.0 cm³/mol. The standard InChI is InChI=1S/C14H26N2O3/c1-3-19-12-9-11(14(12)5-4-6-14)16-13(17)10-15-7-8-18-2/h11-12,15H,3-10H2,1-2H3,(H,16,17). The first-order valence-electron chi connectivity index (χ1n) is 7.33. The highest BCUT2D eigenvalue weighted by Crippen LogP contribution is 2.57. The van der Waals surface area contributed by atoms with E-state index in [4.69, 9.17) is 9.47 Å². The van der Waals surface area contributed by atoms with Gasteiger partial charge in [0.15, 0.2) is 0 Å². The molecule has 19 heavy (non-hydrogen) atoms. The summed E-state index contributed by atoms with van der Waals surface area (Å²) in [4.78, 5) is 11.8. The van der Waals surface area contributed by atoms with Crippen LogP contribution in [0.5, 0.6) is 0 Å². The van der Waals surface area contributed by atoms with Gasteiger partial charge in [-0.1, -0.05) is 6.42 Å². The van der Waals surface area contributed by atoms with Crippen molar-refractivity contribution in [3.63, 3.8) is 0 Å². The summed E-state index contributed by atoms with van der Waals surface area (Å²) in [6.07, 6.45) is 4.98. The Bertz CT molecular complexity index is 305. The molecule has 2 aliphatic rings. The van der Waals surface area contributed by atoms with E-state index < -0.39 is 0 Å². The first kappa shape index (κ1) is 14.8. The Morgan fingerprint density at radius 2 is 2.21 bits per heavy atom. The van der Waals surface area contributed by atoms with Crippen molar-refractivity contribution >= 4 is 5.91 Å². The fourth-order valence-corrected chi connectivity index (χ4v) is 3.26. The Morgan fingerprint density at radius 1 is 1.42 bits per heavy atom. The quantitative estimate of drug-likeness (QED) is 0.637. The van der Waals surface area contributed by atoms with Crippen molar-refractivity contribution in [3.05, 3.63) is 0 Å². The zero-order chi connectivity index (χ0) is 13.7. The first-order chi connectivity index (χ1) is 9.23. The summed E-state index contributed by atoms with van der Waals surface area (Å²) in [5.74, 6) is 0.0855. The number of hydrogen-bond donors (Lipinski definition) is 2.